The topological polar surface area (TPSA) is 17.1 Å². The van der Waals surface area contributed by atoms with Crippen molar-refractivity contribution < 1.29 is 4.79 Å². The third-order valence-electron chi connectivity index (χ3n) is 3.24. The fourth-order valence-corrected chi connectivity index (χ4v) is 1.05. The van der Waals surface area contributed by atoms with Gasteiger partial charge >= 0.3 is 0 Å². The Labute approximate surface area is 168 Å². The molecule has 0 saturated heterocycles. The number of rotatable bonds is 10. The molecule has 0 aromatic carbocycles. The third kappa shape index (κ3) is 91.4. The van der Waals surface area contributed by atoms with Crippen LogP contribution in [0.2, 0.25) is 0 Å². The maximum absolute atomic E-state index is 10.4. The van der Waals surface area contributed by atoms with E-state index in [0.717, 1.165) is 6.42 Å². The van der Waals surface area contributed by atoms with Gasteiger partial charge in [-0.3, -0.25) is 4.79 Å². The van der Waals surface area contributed by atoms with Gasteiger partial charge < -0.3 is 0 Å². The molecule has 0 rings (SSSR count). The summed E-state index contributed by atoms with van der Waals surface area (Å²) in [5, 5.41) is 0. The number of hydrogen-bond acceptors (Lipinski definition) is 1. The smallest absolute Gasteiger partial charge is 0.155 e. The molecule has 0 aromatic heterocycles. The molecule has 0 aliphatic carbocycles. The lowest BCUT2D eigenvalue weighted by atomic mass is 10.2. The number of allylic oxidation sites excluding steroid dienone is 2. The predicted molar refractivity (Wildman–Crippen MR) is 126 cm³/mol. The van der Waals surface area contributed by atoms with Crippen LogP contribution in [0.25, 0.3) is 0 Å². The van der Waals surface area contributed by atoms with Gasteiger partial charge in [-0.15, -0.1) is 6.58 Å². The fourth-order valence-electron chi connectivity index (χ4n) is 1.05. The molecule has 1 nitrogen and oxygen atoms in total. The Hall–Kier alpha value is -0.850. The lowest BCUT2D eigenvalue weighted by Gasteiger charge is -1.84. The molecular weight excluding hydrogens is 316 g/mol. The van der Waals surface area contributed by atoms with Crippen molar-refractivity contribution in [3.8, 4) is 0 Å². The van der Waals surface area contributed by atoms with Gasteiger partial charge in [0.1, 0.15) is 0 Å². The highest BCUT2D eigenvalue weighted by atomic mass is 16.1. The van der Waals surface area contributed by atoms with E-state index < -0.39 is 0 Å². The Morgan fingerprint density at radius 1 is 0.615 bits per heavy atom. The minimum Gasteiger partial charge on any atom is -0.295 e. The molecule has 0 atom stereocenters. The van der Waals surface area contributed by atoms with Crippen molar-refractivity contribution in [3.05, 3.63) is 25.3 Å². The number of carbonyl (C=O) groups excluding carboxylic acids is 1. The summed E-state index contributed by atoms with van der Waals surface area (Å²) in [5.41, 5.74) is 0. The van der Waals surface area contributed by atoms with E-state index in [1.807, 2.05) is 0 Å². The molecule has 0 N–H and O–H groups in total. The first-order chi connectivity index (χ1) is 12.5. The Balaban J connectivity index is -0.0000000730. The molecule has 0 aliphatic heterocycles. The van der Waals surface area contributed by atoms with Crippen LogP contribution in [0.1, 0.15) is 132 Å². The summed E-state index contributed by atoms with van der Waals surface area (Å²) < 4.78 is 0. The highest BCUT2D eigenvalue weighted by Crippen LogP contribution is 1.90. The van der Waals surface area contributed by atoms with Crippen molar-refractivity contribution in [2.24, 2.45) is 0 Å². The van der Waals surface area contributed by atoms with Gasteiger partial charge in [0.05, 0.1) is 0 Å². The van der Waals surface area contributed by atoms with Crippen LogP contribution < -0.4 is 0 Å². The van der Waals surface area contributed by atoms with E-state index >= 15 is 0 Å². The zero-order valence-electron chi connectivity index (χ0n) is 20.0. The molecular formula is C25H54O. The summed E-state index contributed by atoms with van der Waals surface area (Å²) >= 11 is 0. The second-order valence-electron chi connectivity index (χ2n) is 6.20. The maximum atomic E-state index is 10.4. The van der Waals surface area contributed by atoms with Gasteiger partial charge in [0.15, 0.2) is 5.78 Å². The van der Waals surface area contributed by atoms with Gasteiger partial charge in [0.2, 0.25) is 0 Å². The minimum absolute atomic E-state index is 0.0879. The zero-order chi connectivity index (χ0) is 21.5. The van der Waals surface area contributed by atoms with Crippen LogP contribution in [0.15, 0.2) is 25.3 Å². The molecule has 1 heteroatoms. The number of unbranched alkanes of at least 4 members (excludes halogenated alkanes) is 6. The van der Waals surface area contributed by atoms with E-state index in [0.29, 0.717) is 6.42 Å². The molecule has 0 bridgehead atoms. The van der Waals surface area contributed by atoms with Crippen molar-refractivity contribution in [1.82, 2.24) is 0 Å². The summed E-state index contributed by atoms with van der Waals surface area (Å²) in [4.78, 5) is 10.4. The largest absolute Gasteiger partial charge is 0.295 e. The standard InChI is InChI=1S/C7H10O.2C5H12.2C4H10/c1-3-5-6-7(8)4-2;2*1-3-5-4-2;2*1-3-4-2/h3-4H,1-2,5-6H2;2*3-5H2,1-2H3;2*3-4H2,1-2H3. The van der Waals surface area contributed by atoms with Gasteiger partial charge in [-0.05, 0) is 12.5 Å². The van der Waals surface area contributed by atoms with Crippen LogP contribution in [0, 0.1) is 0 Å². The van der Waals surface area contributed by atoms with Crippen molar-refractivity contribution in [2.75, 3.05) is 0 Å². The summed E-state index contributed by atoms with van der Waals surface area (Å²) in [6.45, 7) is 24.4. The van der Waals surface area contributed by atoms with Gasteiger partial charge in [-0.1, -0.05) is 132 Å². The van der Waals surface area contributed by atoms with E-state index in [1.54, 1.807) is 6.08 Å². The van der Waals surface area contributed by atoms with Crippen molar-refractivity contribution in [1.29, 1.82) is 0 Å². The zero-order valence-corrected chi connectivity index (χ0v) is 20.0. The Bertz CT molecular complexity index is 200. The quantitative estimate of drug-likeness (QED) is 0.276. The molecule has 26 heavy (non-hydrogen) atoms. The Morgan fingerprint density at radius 2 is 0.923 bits per heavy atom. The van der Waals surface area contributed by atoms with Crippen LogP contribution in [0.5, 0.6) is 0 Å². The molecule has 0 amide bonds. The minimum atomic E-state index is 0.0879. The van der Waals surface area contributed by atoms with Crippen molar-refractivity contribution in [2.45, 2.75) is 132 Å². The highest BCUT2D eigenvalue weighted by molar-refractivity contribution is 5.89. The average molecular weight is 371 g/mol. The van der Waals surface area contributed by atoms with Crippen LogP contribution in [-0.2, 0) is 4.79 Å². The van der Waals surface area contributed by atoms with Gasteiger partial charge in [0.25, 0.3) is 0 Å². The third-order valence-corrected chi connectivity index (χ3v) is 3.24. The Kier molecular flexibility index (Phi) is 68.9. The molecule has 160 valence electrons. The van der Waals surface area contributed by atoms with Crippen LogP contribution in [-0.4, -0.2) is 5.78 Å². The molecule has 0 aromatic rings. The molecule has 0 saturated carbocycles. The second-order valence-corrected chi connectivity index (χ2v) is 6.20. The molecule has 0 spiro atoms. The van der Waals surface area contributed by atoms with E-state index in [9.17, 15) is 4.79 Å². The highest BCUT2D eigenvalue weighted by Gasteiger charge is 1.89. The van der Waals surface area contributed by atoms with Gasteiger partial charge in [-0.2, -0.15) is 0 Å². The molecule has 0 unspecified atom stereocenters. The molecule has 0 radical (unpaired) electrons. The summed E-state index contributed by atoms with van der Waals surface area (Å²) in [6, 6.07) is 0. The first-order valence-corrected chi connectivity index (χ1v) is 11.2. The molecule has 0 fully saturated rings. The summed E-state index contributed by atoms with van der Waals surface area (Å²) in [7, 11) is 0. The Morgan fingerprint density at radius 3 is 1.04 bits per heavy atom. The average Bonchev–Trinajstić information content (AvgIpc) is 2.68. The molecule has 0 aliphatic rings. The first-order valence-electron chi connectivity index (χ1n) is 11.2. The number of carbonyl (C=O) groups is 1. The van der Waals surface area contributed by atoms with Crippen LogP contribution >= 0.6 is 0 Å². The van der Waals surface area contributed by atoms with Gasteiger partial charge in [0, 0.05) is 6.42 Å². The number of hydrogen-bond donors (Lipinski definition) is 0. The lowest BCUT2D eigenvalue weighted by molar-refractivity contribution is -0.114. The van der Waals surface area contributed by atoms with E-state index in [1.165, 1.54) is 70.3 Å². The summed E-state index contributed by atoms with van der Waals surface area (Å²) in [6.07, 6.45) is 17.8. The monoisotopic (exact) mass is 370 g/mol. The first kappa shape index (κ1) is 36.1. The lowest BCUT2D eigenvalue weighted by Crippen LogP contribution is -1.88. The summed E-state index contributed by atoms with van der Waals surface area (Å²) in [5.74, 6) is 0.0879. The molecule has 0 heterocycles. The SMILES string of the molecule is C=CCCC(=O)C=C.CCCC.CCCC.CCCCC.CCCCC. The van der Waals surface area contributed by atoms with E-state index in [2.05, 4.69) is 68.5 Å². The fraction of sp³-hybridized carbons (Fsp3) is 0.800. The predicted octanol–water partition coefficient (Wildman–Crippen LogP) is 9.71. The van der Waals surface area contributed by atoms with E-state index in [-0.39, 0.29) is 5.78 Å². The van der Waals surface area contributed by atoms with Gasteiger partial charge in [-0.25, -0.2) is 0 Å². The van der Waals surface area contributed by atoms with Crippen LogP contribution in [0.4, 0.5) is 0 Å². The van der Waals surface area contributed by atoms with Crippen LogP contribution in [0.3, 0.4) is 0 Å². The maximum Gasteiger partial charge on any atom is 0.155 e. The second kappa shape index (κ2) is 49.6. The van der Waals surface area contributed by atoms with Crippen molar-refractivity contribution in [3.63, 3.8) is 0 Å². The van der Waals surface area contributed by atoms with Crippen molar-refractivity contribution >= 4 is 5.78 Å². The normalized spacial score (nSPS) is 8.00. The number of ketones is 1. The van der Waals surface area contributed by atoms with E-state index in [4.69, 9.17) is 0 Å².